The van der Waals surface area contributed by atoms with Crippen molar-refractivity contribution in [1.29, 1.82) is 0 Å². The molecule has 0 unspecified atom stereocenters. The zero-order valence-electron chi connectivity index (χ0n) is 41.4. The third-order valence-corrected chi connectivity index (χ3v) is 14.0. The van der Waals surface area contributed by atoms with Crippen LogP contribution in [0.5, 0.6) is 0 Å². The summed E-state index contributed by atoms with van der Waals surface area (Å²) in [5.41, 5.74) is 25.8. The van der Waals surface area contributed by atoms with Crippen LogP contribution < -0.4 is 0 Å². The van der Waals surface area contributed by atoms with Gasteiger partial charge in [0, 0.05) is 18.6 Å². The molecule has 9 aromatic carbocycles. The first kappa shape index (κ1) is 48.4. The summed E-state index contributed by atoms with van der Waals surface area (Å²) in [6.45, 7) is 4.43. The zero-order valence-corrected chi connectivity index (χ0v) is 43.8. The van der Waals surface area contributed by atoms with E-state index in [1.807, 2.05) is 67.1 Å². The van der Waals surface area contributed by atoms with Crippen LogP contribution in [0.15, 0.2) is 255 Å². The van der Waals surface area contributed by atoms with E-state index in [0.29, 0.717) is 0 Å². The van der Waals surface area contributed by atoms with Crippen LogP contribution in [0.25, 0.3) is 123 Å². The molecular formula is C71H48IrN3. The maximum absolute atomic E-state index is 4.76. The molecule has 0 radical (unpaired) electrons. The average molecular weight is 1140 g/mol. The zero-order chi connectivity index (χ0) is 49.8. The number of benzene rings is 9. The Morgan fingerprint density at radius 2 is 0.627 bits per heavy atom. The van der Waals surface area contributed by atoms with Crippen LogP contribution in [0.3, 0.4) is 0 Å². The molecular weight excluding hydrogens is 1090 g/mol. The molecule has 0 fully saturated rings. The van der Waals surface area contributed by atoms with Gasteiger partial charge in [-0.1, -0.05) is 191 Å². The number of nitrogens with zero attached hydrogens (tertiary/aromatic N) is 3. The molecule has 0 spiro atoms. The third-order valence-electron chi connectivity index (χ3n) is 14.0. The fourth-order valence-electron chi connectivity index (χ4n) is 9.99. The first-order valence-corrected chi connectivity index (χ1v) is 25.0. The second-order valence-corrected chi connectivity index (χ2v) is 18.6. The average Bonchev–Trinajstić information content (AvgIpc) is 3.49. The van der Waals surface area contributed by atoms with Gasteiger partial charge in [0.25, 0.3) is 0 Å². The molecule has 0 saturated heterocycles. The molecule has 3 nitrogen and oxygen atoms in total. The molecule has 3 aromatic heterocycles. The quantitative estimate of drug-likeness (QED) is 0.121. The summed E-state index contributed by atoms with van der Waals surface area (Å²) in [5.74, 6) is 0. The van der Waals surface area contributed by atoms with Crippen molar-refractivity contribution in [3.63, 3.8) is 0 Å². The van der Waals surface area contributed by atoms with Gasteiger partial charge in [0.2, 0.25) is 0 Å². The second kappa shape index (κ2) is 21.7. The van der Waals surface area contributed by atoms with Gasteiger partial charge in [-0.25, -0.2) is 0 Å². The van der Waals surface area contributed by atoms with E-state index in [4.69, 9.17) is 4.98 Å². The number of hydrogen-bond acceptors (Lipinski definition) is 3. The molecule has 0 aliphatic heterocycles. The van der Waals surface area contributed by atoms with Gasteiger partial charge < -0.3 is 15.0 Å². The molecule has 0 atom stereocenters. The SMILES string of the molecule is Cc1cc(-c2cc(-c3ccccc3-c3c[c-]c(-c4ccccn4)cc3)cc(-c3ccccc3-c3c[c-]c(-c4ccccn4)cc3)c2)c(-c2c[c-]c(-c3ccccn3)cc2-c2ccc(-c3ccccc3)cc2)cc1C.[Ir+3]. The van der Waals surface area contributed by atoms with Crippen molar-refractivity contribution in [2.45, 2.75) is 13.8 Å². The Hall–Kier alpha value is -8.92. The van der Waals surface area contributed by atoms with Crippen LogP contribution in [0.2, 0.25) is 0 Å². The summed E-state index contributed by atoms with van der Waals surface area (Å²) < 4.78 is 0. The maximum Gasteiger partial charge on any atom is 3.00 e. The standard InChI is InChI=1S/C71H48N3.Ir/c1-48-42-66(68(43-49(48)2)65-38-37-57(71-24-12-15-41-74-71)47-67(65)54-27-25-51(26-28-54)50-16-4-3-5-17-50)60-45-58(63-20-8-6-18-61(63)52-29-33-55(34-30-52)69-22-10-13-39-72-69)44-59(46-60)64-21-9-7-19-62(64)53-31-35-56(36-32-53)70-23-11-14-40-73-70;/h3-33,35,38-47H,1-2H3;/q-3;+3. The molecule has 356 valence electrons. The molecule has 75 heavy (non-hydrogen) atoms. The van der Waals surface area contributed by atoms with Crippen molar-refractivity contribution in [2.75, 3.05) is 0 Å². The fourth-order valence-corrected chi connectivity index (χ4v) is 9.99. The van der Waals surface area contributed by atoms with Crippen LogP contribution in [0.4, 0.5) is 0 Å². The molecule has 12 rings (SSSR count). The van der Waals surface area contributed by atoms with Crippen LogP contribution in [0.1, 0.15) is 11.1 Å². The summed E-state index contributed by atoms with van der Waals surface area (Å²) in [7, 11) is 0. The van der Waals surface area contributed by atoms with Crippen LogP contribution >= 0.6 is 0 Å². The summed E-state index contributed by atoms with van der Waals surface area (Å²) >= 11 is 0. The van der Waals surface area contributed by atoms with Crippen molar-refractivity contribution in [3.05, 3.63) is 285 Å². The smallest absolute Gasteiger partial charge is 0.305 e. The summed E-state index contributed by atoms with van der Waals surface area (Å²) in [6, 6.07) is 94.8. The maximum atomic E-state index is 4.76. The Labute approximate surface area is 453 Å². The minimum atomic E-state index is 0. The topological polar surface area (TPSA) is 38.7 Å². The van der Waals surface area contributed by atoms with Gasteiger partial charge in [-0.15, -0.1) is 83.4 Å². The summed E-state index contributed by atoms with van der Waals surface area (Å²) in [5, 5.41) is 0. The Bertz CT molecular complexity index is 3770. The Morgan fingerprint density at radius 1 is 0.253 bits per heavy atom. The monoisotopic (exact) mass is 1140 g/mol. The first-order valence-electron chi connectivity index (χ1n) is 25.0. The summed E-state index contributed by atoms with van der Waals surface area (Å²) in [4.78, 5) is 14.0. The number of aryl methyl sites for hydroxylation is 2. The van der Waals surface area contributed by atoms with Crippen molar-refractivity contribution < 1.29 is 20.1 Å². The van der Waals surface area contributed by atoms with Crippen molar-refractivity contribution in [3.8, 4) is 123 Å². The number of rotatable bonds is 11. The Kier molecular flexibility index (Phi) is 14.0. The molecule has 4 heteroatoms. The molecule has 3 heterocycles. The van der Waals surface area contributed by atoms with Gasteiger partial charge in [-0.3, -0.25) is 0 Å². The largest absolute Gasteiger partial charge is 3.00 e. The molecule has 0 N–H and O–H groups in total. The predicted octanol–water partition coefficient (Wildman–Crippen LogP) is 18.2. The minimum absolute atomic E-state index is 0. The van der Waals surface area contributed by atoms with E-state index in [9.17, 15) is 0 Å². The number of hydrogen-bond donors (Lipinski definition) is 0. The third kappa shape index (κ3) is 10.1. The Morgan fingerprint density at radius 3 is 1.09 bits per heavy atom. The minimum Gasteiger partial charge on any atom is -0.305 e. The van der Waals surface area contributed by atoms with Crippen molar-refractivity contribution in [1.82, 2.24) is 15.0 Å². The molecule has 0 aliphatic carbocycles. The van der Waals surface area contributed by atoms with Gasteiger partial charge in [-0.05, 0) is 129 Å². The predicted molar refractivity (Wildman–Crippen MR) is 306 cm³/mol. The van der Waals surface area contributed by atoms with Crippen LogP contribution in [-0.2, 0) is 20.1 Å². The second-order valence-electron chi connectivity index (χ2n) is 18.6. The van der Waals surface area contributed by atoms with Crippen LogP contribution in [-0.4, -0.2) is 15.0 Å². The molecule has 0 bridgehead atoms. The molecule has 0 aliphatic rings. The van der Waals surface area contributed by atoms with Gasteiger partial charge >= 0.3 is 20.1 Å². The summed E-state index contributed by atoms with van der Waals surface area (Å²) in [6.07, 6.45) is 5.50. The Balaban J connectivity index is 0.00000602. The molecule has 0 saturated carbocycles. The molecule has 0 amide bonds. The van der Waals surface area contributed by atoms with Gasteiger partial charge in [0.1, 0.15) is 0 Å². The van der Waals surface area contributed by atoms with Crippen molar-refractivity contribution in [2.24, 2.45) is 0 Å². The van der Waals surface area contributed by atoms with E-state index < -0.39 is 0 Å². The number of aromatic nitrogens is 3. The fraction of sp³-hybridized carbons (Fsp3) is 0.0282. The van der Waals surface area contributed by atoms with Gasteiger partial charge in [-0.2, -0.15) is 0 Å². The molecule has 12 aromatic rings. The van der Waals surface area contributed by atoms with E-state index in [1.165, 1.54) is 22.3 Å². The van der Waals surface area contributed by atoms with E-state index >= 15 is 0 Å². The van der Waals surface area contributed by atoms with E-state index in [0.717, 1.165) is 112 Å². The van der Waals surface area contributed by atoms with Crippen LogP contribution in [0, 0.1) is 32.0 Å². The van der Waals surface area contributed by atoms with E-state index in [2.05, 4.69) is 230 Å². The van der Waals surface area contributed by atoms with Gasteiger partial charge in [0.15, 0.2) is 0 Å². The normalized spacial score (nSPS) is 11.0. The first-order chi connectivity index (χ1) is 36.5. The van der Waals surface area contributed by atoms with Gasteiger partial charge in [0.05, 0.1) is 0 Å². The van der Waals surface area contributed by atoms with E-state index in [1.54, 1.807) is 0 Å². The van der Waals surface area contributed by atoms with Crippen molar-refractivity contribution >= 4 is 0 Å². The van der Waals surface area contributed by atoms with E-state index in [-0.39, 0.29) is 20.1 Å². The number of pyridine rings is 3.